The summed E-state index contributed by atoms with van der Waals surface area (Å²) in [6.07, 6.45) is -1.02. The summed E-state index contributed by atoms with van der Waals surface area (Å²) in [4.78, 5) is 23.6. The molecule has 3 rings (SSSR count). The number of morpholine rings is 1. The van der Waals surface area contributed by atoms with Crippen LogP contribution in [0.3, 0.4) is 0 Å². The van der Waals surface area contributed by atoms with E-state index in [1.807, 2.05) is 35.2 Å². The Morgan fingerprint density at radius 2 is 1.93 bits per heavy atom. The predicted octanol–water partition coefficient (Wildman–Crippen LogP) is 1.000. The van der Waals surface area contributed by atoms with E-state index in [2.05, 4.69) is 15.3 Å². The molecule has 27 heavy (non-hydrogen) atoms. The summed E-state index contributed by atoms with van der Waals surface area (Å²) in [5, 5.41) is 4.39. The van der Waals surface area contributed by atoms with Crippen LogP contribution in [0.2, 0.25) is 0 Å². The van der Waals surface area contributed by atoms with E-state index in [0.29, 0.717) is 38.2 Å². The van der Waals surface area contributed by atoms with Crippen LogP contribution in [0.15, 0.2) is 40.3 Å². The minimum atomic E-state index is -1.02. The van der Waals surface area contributed by atoms with Gasteiger partial charge in [-0.25, -0.2) is 20.6 Å². The molecule has 3 N–H and O–H groups in total. The summed E-state index contributed by atoms with van der Waals surface area (Å²) < 4.78 is 10.9. The number of nitrogens with one attached hydrogen (secondary N) is 1. The zero-order valence-electron chi connectivity index (χ0n) is 15.9. The van der Waals surface area contributed by atoms with Crippen LogP contribution in [-0.2, 0) is 14.3 Å². The van der Waals surface area contributed by atoms with Gasteiger partial charge in [-0.3, -0.25) is 0 Å². The topological polar surface area (TPSA) is 105 Å². The van der Waals surface area contributed by atoms with Crippen LogP contribution < -0.4 is 11.2 Å². The first-order valence-electron chi connectivity index (χ1n) is 8.91. The maximum absolute atomic E-state index is 12.7. The quantitative estimate of drug-likeness (QED) is 0.588. The highest BCUT2D eigenvalue weighted by Gasteiger charge is 2.36. The van der Waals surface area contributed by atoms with Gasteiger partial charge in [0.25, 0.3) is 0 Å². The minimum absolute atomic E-state index is 0.306. The lowest BCUT2D eigenvalue weighted by Crippen LogP contribution is -2.60. The van der Waals surface area contributed by atoms with Gasteiger partial charge in [0, 0.05) is 18.8 Å². The Balaban J connectivity index is 1.88. The highest BCUT2D eigenvalue weighted by molar-refractivity contribution is 6.05. The molecule has 2 aliphatic rings. The molecule has 2 aliphatic heterocycles. The number of benzene rings is 1. The van der Waals surface area contributed by atoms with Crippen LogP contribution in [0.25, 0.3) is 0 Å². The first-order valence-corrected chi connectivity index (χ1v) is 8.91. The number of guanidine groups is 2. The third-order valence-corrected chi connectivity index (χ3v) is 3.89. The van der Waals surface area contributed by atoms with Crippen molar-refractivity contribution in [2.75, 3.05) is 31.6 Å². The first kappa shape index (κ1) is 19.1. The van der Waals surface area contributed by atoms with Crippen LogP contribution in [-0.4, -0.2) is 65.9 Å². The molecule has 146 valence electrons. The molecule has 1 unspecified atom stereocenters. The zero-order chi connectivity index (χ0) is 19.4. The summed E-state index contributed by atoms with van der Waals surface area (Å²) >= 11 is 0. The Morgan fingerprint density at radius 1 is 1.26 bits per heavy atom. The van der Waals surface area contributed by atoms with Crippen molar-refractivity contribution in [1.29, 1.82) is 0 Å². The molecule has 2 heterocycles. The Bertz CT molecular complexity index is 722. The standard InChI is InChI=1S/C18H26N6O3/c1-18(2,3)27-15(25)14-21-16(20-13-7-5-4-6-8-13)22-17(24(14)19)23-9-11-26-12-10-23/h4-8,14H,9-12,19H2,1-3H3,(H,20,21). The molecule has 0 spiro atoms. The Labute approximate surface area is 158 Å². The average Bonchev–Trinajstić information content (AvgIpc) is 2.63. The molecule has 9 heteroatoms. The number of nitrogens with two attached hydrogens (primary N) is 1. The highest BCUT2D eigenvalue weighted by Crippen LogP contribution is 2.17. The van der Waals surface area contributed by atoms with Crippen molar-refractivity contribution in [2.45, 2.75) is 32.5 Å². The number of anilines is 1. The Morgan fingerprint density at radius 3 is 2.56 bits per heavy atom. The molecule has 0 radical (unpaired) electrons. The monoisotopic (exact) mass is 374 g/mol. The third-order valence-electron chi connectivity index (χ3n) is 3.89. The number of esters is 1. The van der Waals surface area contributed by atoms with Gasteiger partial charge in [-0.1, -0.05) is 18.2 Å². The smallest absolute Gasteiger partial charge is 0.353 e. The maximum Gasteiger partial charge on any atom is 0.353 e. The summed E-state index contributed by atoms with van der Waals surface area (Å²) in [5.74, 6) is 6.45. The van der Waals surface area contributed by atoms with Crippen LogP contribution in [0, 0.1) is 0 Å². The molecule has 0 bridgehead atoms. The number of hydrogen-bond acceptors (Lipinski definition) is 9. The zero-order valence-corrected chi connectivity index (χ0v) is 15.9. The largest absolute Gasteiger partial charge is 0.457 e. The summed E-state index contributed by atoms with van der Waals surface area (Å²) in [7, 11) is 0. The lowest BCUT2D eigenvalue weighted by Gasteiger charge is -2.38. The fourth-order valence-corrected chi connectivity index (χ4v) is 2.70. The molecular weight excluding hydrogens is 348 g/mol. The number of carbonyl (C=O) groups excluding carboxylic acids is 1. The van der Waals surface area contributed by atoms with Gasteiger partial charge in [0.1, 0.15) is 5.60 Å². The number of rotatable bonds is 2. The van der Waals surface area contributed by atoms with E-state index < -0.39 is 17.7 Å². The second-order valence-electron chi connectivity index (χ2n) is 7.27. The van der Waals surface area contributed by atoms with Crippen LogP contribution in [0.5, 0.6) is 0 Å². The van der Waals surface area contributed by atoms with Gasteiger partial charge >= 0.3 is 5.97 Å². The number of nitrogens with zero attached hydrogens (tertiary/aromatic N) is 4. The number of ether oxygens (including phenoxy) is 2. The van der Waals surface area contributed by atoms with E-state index in [1.165, 1.54) is 5.01 Å². The lowest BCUT2D eigenvalue weighted by molar-refractivity contribution is -0.160. The number of carbonyl (C=O) groups is 1. The lowest BCUT2D eigenvalue weighted by atomic mass is 10.2. The molecular formula is C18H26N6O3. The van der Waals surface area contributed by atoms with E-state index in [0.717, 1.165) is 5.69 Å². The minimum Gasteiger partial charge on any atom is -0.457 e. The molecule has 0 amide bonds. The van der Waals surface area contributed by atoms with Crippen molar-refractivity contribution in [1.82, 2.24) is 9.91 Å². The van der Waals surface area contributed by atoms with E-state index in [4.69, 9.17) is 15.3 Å². The molecule has 1 aromatic rings. The van der Waals surface area contributed by atoms with Crippen molar-refractivity contribution in [3.05, 3.63) is 30.3 Å². The highest BCUT2D eigenvalue weighted by atomic mass is 16.6. The van der Waals surface area contributed by atoms with Crippen molar-refractivity contribution in [3.8, 4) is 0 Å². The molecule has 1 aromatic carbocycles. The summed E-state index contributed by atoms with van der Waals surface area (Å²) in [6, 6.07) is 9.51. The first-order chi connectivity index (χ1) is 12.8. The van der Waals surface area contributed by atoms with Crippen LogP contribution in [0.4, 0.5) is 5.69 Å². The van der Waals surface area contributed by atoms with Gasteiger partial charge in [-0.2, -0.15) is 4.99 Å². The van der Waals surface area contributed by atoms with Gasteiger partial charge in [0.2, 0.25) is 18.1 Å². The second kappa shape index (κ2) is 7.93. The Kier molecular flexibility index (Phi) is 5.62. The molecule has 0 aromatic heterocycles. The van der Waals surface area contributed by atoms with Crippen molar-refractivity contribution >= 4 is 23.6 Å². The van der Waals surface area contributed by atoms with E-state index in [1.54, 1.807) is 20.8 Å². The number of hydrogen-bond donors (Lipinski definition) is 2. The molecule has 1 saturated heterocycles. The van der Waals surface area contributed by atoms with E-state index in [-0.39, 0.29) is 0 Å². The fourth-order valence-electron chi connectivity index (χ4n) is 2.70. The normalized spacial score (nSPS) is 20.7. The van der Waals surface area contributed by atoms with Crippen LogP contribution in [0.1, 0.15) is 20.8 Å². The van der Waals surface area contributed by atoms with E-state index in [9.17, 15) is 4.79 Å². The summed E-state index contributed by atoms with van der Waals surface area (Å²) in [5.41, 5.74) is 0.170. The molecule has 1 atom stereocenters. The number of hydrazine groups is 1. The van der Waals surface area contributed by atoms with Gasteiger partial charge in [0.15, 0.2) is 0 Å². The number of para-hydroxylation sites is 1. The van der Waals surface area contributed by atoms with Crippen molar-refractivity contribution in [3.63, 3.8) is 0 Å². The summed E-state index contributed by atoms with van der Waals surface area (Å²) in [6.45, 7) is 7.82. The van der Waals surface area contributed by atoms with Crippen molar-refractivity contribution < 1.29 is 14.3 Å². The molecule has 1 fully saturated rings. The van der Waals surface area contributed by atoms with Gasteiger partial charge in [-0.15, -0.1) is 0 Å². The van der Waals surface area contributed by atoms with Gasteiger partial charge in [0.05, 0.1) is 13.2 Å². The SMILES string of the molecule is CC(C)(C)OC(=O)C1N=C(Nc2ccccc2)N=C(N2CCOCC2)N1N. The number of aliphatic imine (C=N–C) groups is 2. The van der Waals surface area contributed by atoms with Crippen molar-refractivity contribution in [2.24, 2.45) is 15.8 Å². The van der Waals surface area contributed by atoms with E-state index >= 15 is 0 Å². The second-order valence-corrected chi connectivity index (χ2v) is 7.27. The third kappa shape index (κ3) is 4.95. The molecule has 9 nitrogen and oxygen atoms in total. The molecule has 0 saturated carbocycles. The Hall–Kier alpha value is -2.65. The van der Waals surface area contributed by atoms with Gasteiger partial charge in [-0.05, 0) is 32.9 Å². The predicted molar refractivity (Wildman–Crippen MR) is 103 cm³/mol. The fraction of sp³-hybridized carbons (Fsp3) is 0.500. The maximum atomic E-state index is 12.7. The van der Waals surface area contributed by atoms with Crippen LogP contribution >= 0.6 is 0 Å². The molecule has 0 aliphatic carbocycles. The average molecular weight is 374 g/mol. The van der Waals surface area contributed by atoms with Gasteiger partial charge < -0.3 is 19.7 Å².